The van der Waals surface area contributed by atoms with E-state index < -0.39 is 5.54 Å². The van der Waals surface area contributed by atoms with E-state index in [1.54, 1.807) is 38.2 Å². The molecule has 2 aliphatic carbocycles. The summed E-state index contributed by atoms with van der Waals surface area (Å²) in [6, 6.07) is 24.1. The minimum atomic E-state index is -1.000. The Balaban J connectivity index is 1.43. The van der Waals surface area contributed by atoms with Gasteiger partial charge in [0.05, 0.1) is 18.3 Å². The van der Waals surface area contributed by atoms with Gasteiger partial charge in [-0.25, -0.2) is 0 Å². The summed E-state index contributed by atoms with van der Waals surface area (Å²) in [5.41, 5.74) is 4.16. The number of anilines is 1. The number of carbonyl (C=O) groups excluding carboxylic acids is 3. The fraction of sp³-hybridized carbons (Fsp3) is 0.395. The molecule has 0 aliphatic heterocycles. The van der Waals surface area contributed by atoms with Gasteiger partial charge < -0.3 is 24.8 Å². The van der Waals surface area contributed by atoms with E-state index in [0.717, 1.165) is 53.6 Å². The number of hydrogen-bond acceptors (Lipinski definition) is 4. The molecule has 46 heavy (non-hydrogen) atoms. The van der Waals surface area contributed by atoms with Crippen molar-refractivity contribution in [2.45, 2.75) is 75.8 Å². The van der Waals surface area contributed by atoms with E-state index in [9.17, 15) is 14.4 Å². The third-order valence-electron chi connectivity index (χ3n) is 9.74. The van der Waals surface area contributed by atoms with Crippen molar-refractivity contribution in [1.82, 2.24) is 14.8 Å². The lowest BCUT2D eigenvalue weighted by Crippen LogP contribution is -2.55. The van der Waals surface area contributed by atoms with E-state index in [0.29, 0.717) is 30.0 Å². The highest BCUT2D eigenvalue weighted by Crippen LogP contribution is 2.44. The van der Waals surface area contributed by atoms with Crippen LogP contribution in [0.2, 0.25) is 0 Å². The molecular weight excluding hydrogens is 576 g/mol. The van der Waals surface area contributed by atoms with Gasteiger partial charge in [0.25, 0.3) is 5.91 Å². The van der Waals surface area contributed by atoms with Crippen molar-refractivity contribution in [3.05, 3.63) is 83.9 Å². The molecule has 0 bridgehead atoms. The number of rotatable bonds is 9. The Bertz CT molecular complexity index is 1710. The number of carbonyl (C=O) groups is 3. The first-order chi connectivity index (χ1) is 22.3. The average Bonchev–Trinajstić information content (AvgIpc) is 3.69. The van der Waals surface area contributed by atoms with Crippen molar-refractivity contribution in [2.24, 2.45) is 0 Å². The Labute approximate surface area is 271 Å². The molecule has 2 saturated carbocycles. The molecule has 0 atom stereocenters. The summed E-state index contributed by atoms with van der Waals surface area (Å²) in [7, 11) is 5.18. The number of methoxy groups -OCH3 is 1. The molecule has 1 radical (unpaired) electrons. The molecule has 6 rings (SSSR count). The molecule has 2 aliphatic rings. The minimum absolute atomic E-state index is 0.0315. The van der Waals surface area contributed by atoms with Crippen LogP contribution in [0.5, 0.6) is 5.75 Å². The molecule has 4 aromatic rings. The molecular formula is C38H43N4O4. The van der Waals surface area contributed by atoms with Crippen LogP contribution in [0, 0.1) is 6.07 Å². The van der Waals surface area contributed by atoms with Crippen molar-refractivity contribution < 1.29 is 19.1 Å². The van der Waals surface area contributed by atoms with E-state index in [1.165, 1.54) is 24.8 Å². The molecule has 8 nitrogen and oxygen atoms in total. The average molecular weight is 620 g/mol. The highest BCUT2D eigenvalue weighted by molar-refractivity contribution is 6.06. The maximum absolute atomic E-state index is 14.0. The monoisotopic (exact) mass is 619 g/mol. The zero-order chi connectivity index (χ0) is 32.3. The van der Waals surface area contributed by atoms with Gasteiger partial charge in [-0.05, 0) is 85.2 Å². The molecule has 3 aromatic carbocycles. The lowest BCUT2D eigenvalue weighted by atomic mass is 9.81. The van der Waals surface area contributed by atoms with Crippen LogP contribution in [0.1, 0.15) is 79.6 Å². The van der Waals surface area contributed by atoms with E-state index in [1.807, 2.05) is 42.5 Å². The highest BCUT2D eigenvalue weighted by Gasteiger charge is 2.43. The second-order valence-corrected chi connectivity index (χ2v) is 12.9. The second kappa shape index (κ2) is 13.4. The van der Waals surface area contributed by atoms with Crippen LogP contribution in [0.15, 0.2) is 66.7 Å². The number of likely N-dealkylation sites (N-methyl/N-ethyl adjacent to an activating group) is 1. The van der Waals surface area contributed by atoms with Crippen LogP contribution in [0.25, 0.3) is 22.2 Å². The lowest BCUT2D eigenvalue weighted by molar-refractivity contribution is -0.129. The standard InChI is InChI=1S/C38H43N4O4/c1-41(2)33(43)25-42-32-24-28(36(44)40-38(22-10-11-23-38)37(45)39-29-14-8-5-9-15-29)18-21-31(32)34(26-12-6-4-7-13-26)35(42)27-16-19-30(46-3)20-17-27/h5,8-9,14,16-21,24,26H,4,6-7,10-13,22-23,25H2,1-3H3,(H,39,45)(H,40,44). The van der Waals surface area contributed by atoms with Crippen molar-refractivity contribution in [3.63, 3.8) is 0 Å². The van der Waals surface area contributed by atoms with Crippen LogP contribution in [-0.4, -0.2) is 53.9 Å². The molecule has 8 heteroatoms. The number of nitrogens with zero attached hydrogens (tertiary/aromatic N) is 2. The Hall–Kier alpha value is -4.59. The Morgan fingerprint density at radius 2 is 1.70 bits per heavy atom. The fourth-order valence-electron chi connectivity index (χ4n) is 7.21. The molecule has 0 unspecified atom stereocenters. The summed E-state index contributed by atoms with van der Waals surface area (Å²) in [6.07, 6.45) is 8.59. The first-order valence-electron chi connectivity index (χ1n) is 16.4. The quantitative estimate of drug-likeness (QED) is 0.212. The van der Waals surface area contributed by atoms with Crippen molar-refractivity contribution >= 4 is 34.3 Å². The summed E-state index contributed by atoms with van der Waals surface area (Å²) in [6.45, 7) is 0.141. The molecule has 0 saturated heterocycles. The number of fused-ring (bicyclic) bond motifs is 1. The van der Waals surface area contributed by atoms with Crippen LogP contribution < -0.4 is 15.4 Å². The summed E-state index contributed by atoms with van der Waals surface area (Å²) in [5.74, 6) is 0.570. The van der Waals surface area contributed by atoms with Gasteiger partial charge >= 0.3 is 0 Å². The topological polar surface area (TPSA) is 92.7 Å². The van der Waals surface area contributed by atoms with Gasteiger partial charge in [0.15, 0.2) is 0 Å². The fourth-order valence-corrected chi connectivity index (χ4v) is 7.21. The molecule has 3 amide bonds. The van der Waals surface area contributed by atoms with Gasteiger partial charge in [-0.2, -0.15) is 0 Å². The van der Waals surface area contributed by atoms with Crippen LogP contribution in [0.3, 0.4) is 0 Å². The molecule has 0 spiro atoms. The number of nitrogens with one attached hydrogen (secondary N) is 2. The van der Waals surface area contributed by atoms with Crippen molar-refractivity contribution in [2.75, 3.05) is 26.5 Å². The van der Waals surface area contributed by atoms with Crippen LogP contribution >= 0.6 is 0 Å². The summed E-state index contributed by atoms with van der Waals surface area (Å²) < 4.78 is 7.54. The SMILES string of the molecule is COc1ccc(-c2c(C3CCCCC3)c3ccc(C(=O)NC4(C(=O)Nc5[c]cccc5)CCCC4)cc3n2CC(=O)N(C)C)cc1. The number of para-hydroxylation sites is 1. The first-order valence-corrected chi connectivity index (χ1v) is 16.4. The maximum atomic E-state index is 14.0. The highest BCUT2D eigenvalue weighted by atomic mass is 16.5. The number of hydrogen-bond donors (Lipinski definition) is 2. The smallest absolute Gasteiger partial charge is 0.252 e. The molecule has 2 N–H and O–H groups in total. The Morgan fingerprint density at radius 1 is 0.957 bits per heavy atom. The molecule has 1 aromatic heterocycles. The predicted molar refractivity (Wildman–Crippen MR) is 181 cm³/mol. The van der Waals surface area contributed by atoms with Crippen LogP contribution in [-0.2, 0) is 16.1 Å². The van der Waals surface area contributed by atoms with E-state index in [2.05, 4.69) is 33.4 Å². The number of ether oxygens (including phenoxy) is 1. The summed E-state index contributed by atoms with van der Waals surface area (Å²) >= 11 is 0. The van der Waals surface area contributed by atoms with Crippen molar-refractivity contribution in [1.29, 1.82) is 0 Å². The normalized spacial score (nSPS) is 16.2. The van der Waals surface area contributed by atoms with Gasteiger partial charge in [0, 0.05) is 36.8 Å². The first kappa shape index (κ1) is 31.4. The largest absolute Gasteiger partial charge is 0.497 e. The zero-order valence-electron chi connectivity index (χ0n) is 27.0. The predicted octanol–water partition coefficient (Wildman–Crippen LogP) is 6.93. The lowest BCUT2D eigenvalue weighted by Gasteiger charge is -2.29. The third-order valence-corrected chi connectivity index (χ3v) is 9.74. The van der Waals surface area contributed by atoms with Crippen LogP contribution in [0.4, 0.5) is 5.69 Å². The minimum Gasteiger partial charge on any atom is -0.497 e. The zero-order valence-corrected chi connectivity index (χ0v) is 27.0. The number of amides is 3. The molecule has 239 valence electrons. The van der Waals surface area contributed by atoms with Gasteiger partial charge in [-0.15, -0.1) is 0 Å². The van der Waals surface area contributed by atoms with Gasteiger partial charge in [-0.1, -0.05) is 56.4 Å². The Kier molecular flexibility index (Phi) is 9.15. The van der Waals surface area contributed by atoms with E-state index in [-0.39, 0.29) is 24.3 Å². The summed E-state index contributed by atoms with van der Waals surface area (Å²) in [5, 5.41) is 7.16. The van der Waals surface area contributed by atoms with E-state index >= 15 is 0 Å². The third kappa shape index (κ3) is 6.26. The number of benzene rings is 3. The second-order valence-electron chi connectivity index (χ2n) is 12.9. The van der Waals surface area contributed by atoms with Gasteiger partial charge in [-0.3, -0.25) is 14.4 Å². The van der Waals surface area contributed by atoms with E-state index in [4.69, 9.17) is 4.74 Å². The maximum Gasteiger partial charge on any atom is 0.252 e. The summed E-state index contributed by atoms with van der Waals surface area (Å²) in [4.78, 5) is 42.5. The number of aromatic nitrogens is 1. The van der Waals surface area contributed by atoms with Gasteiger partial charge in [0.2, 0.25) is 11.8 Å². The molecule has 1 heterocycles. The van der Waals surface area contributed by atoms with Crippen molar-refractivity contribution in [3.8, 4) is 17.0 Å². The molecule has 2 fully saturated rings. The Morgan fingerprint density at radius 3 is 2.35 bits per heavy atom. The van der Waals surface area contributed by atoms with Gasteiger partial charge in [0.1, 0.15) is 17.8 Å².